The van der Waals surface area contributed by atoms with E-state index in [4.69, 9.17) is 27.9 Å². The molecule has 2 amide bonds. The van der Waals surface area contributed by atoms with Crippen LogP contribution in [0.1, 0.15) is 37.0 Å². The van der Waals surface area contributed by atoms with E-state index in [1.165, 1.54) is 30.2 Å². The molecule has 1 N–H and O–H groups in total. The molecule has 0 aliphatic heterocycles. The third-order valence-electron chi connectivity index (χ3n) is 7.94. The number of anilines is 1. The molecule has 2 atom stereocenters. The molecule has 0 saturated heterocycles. The van der Waals surface area contributed by atoms with Gasteiger partial charge in [0.1, 0.15) is 18.3 Å². The van der Waals surface area contributed by atoms with Gasteiger partial charge in [-0.25, -0.2) is 8.42 Å². The number of nitrogens with zero attached hydrogens (tertiary/aromatic N) is 2. The quantitative estimate of drug-likeness (QED) is 0.141. The highest BCUT2D eigenvalue weighted by molar-refractivity contribution is 9.10. The first-order valence-corrected chi connectivity index (χ1v) is 18.3. The highest BCUT2D eigenvalue weighted by Gasteiger charge is 2.35. The van der Waals surface area contributed by atoms with Crippen molar-refractivity contribution in [2.75, 3.05) is 18.0 Å². The van der Waals surface area contributed by atoms with Gasteiger partial charge in [0.05, 0.1) is 22.2 Å². The number of aryl methyl sites for hydroxylation is 1. The van der Waals surface area contributed by atoms with E-state index in [1.807, 2.05) is 51.1 Å². The predicted molar refractivity (Wildman–Crippen MR) is 195 cm³/mol. The molecule has 8 nitrogen and oxygen atoms in total. The van der Waals surface area contributed by atoms with E-state index in [2.05, 4.69) is 21.2 Å². The summed E-state index contributed by atoms with van der Waals surface area (Å²) in [7, 11) is -2.82. The van der Waals surface area contributed by atoms with Crippen LogP contribution in [-0.2, 0) is 32.6 Å². The molecule has 254 valence electrons. The molecule has 0 unspecified atom stereocenters. The first kappa shape index (κ1) is 37.3. The number of ether oxygens (including phenoxy) is 1. The van der Waals surface area contributed by atoms with Gasteiger partial charge in [0, 0.05) is 29.1 Å². The van der Waals surface area contributed by atoms with Crippen LogP contribution in [0.15, 0.2) is 100 Å². The number of methoxy groups -OCH3 is 1. The third kappa shape index (κ3) is 9.31. The molecule has 0 radical (unpaired) electrons. The molecule has 0 heterocycles. The van der Waals surface area contributed by atoms with Crippen molar-refractivity contribution in [3.63, 3.8) is 0 Å². The lowest BCUT2D eigenvalue weighted by Crippen LogP contribution is -2.54. The standard InChI is InChI=1S/C36H38BrCl2N3O5S/c1-5-25(3)40-36(44)33(19-26-9-7-6-8-10-26)41(22-27-13-14-28(38)20-32(27)39)35(43)23-42(29-15-11-24(2)12-16-29)48(45,46)30-17-18-34(47-4)31(37)21-30/h6-18,20-21,25,33H,5,19,22-23H2,1-4H3,(H,40,44)/t25-,33-/m1/s1. The molecule has 12 heteroatoms. The Labute approximate surface area is 301 Å². The second-order valence-electron chi connectivity index (χ2n) is 11.4. The predicted octanol–water partition coefficient (Wildman–Crippen LogP) is 7.82. The minimum absolute atomic E-state index is 0.0498. The number of amides is 2. The summed E-state index contributed by atoms with van der Waals surface area (Å²) < 4.78 is 35.5. The third-order valence-corrected chi connectivity index (χ3v) is 10.9. The summed E-state index contributed by atoms with van der Waals surface area (Å²) in [5.41, 5.74) is 2.58. The number of rotatable bonds is 14. The number of sulfonamides is 1. The fourth-order valence-electron chi connectivity index (χ4n) is 5.00. The molecule has 0 aromatic heterocycles. The zero-order chi connectivity index (χ0) is 35.0. The second-order valence-corrected chi connectivity index (χ2v) is 15.0. The van der Waals surface area contributed by atoms with Crippen LogP contribution in [0, 0.1) is 6.92 Å². The summed E-state index contributed by atoms with van der Waals surface area (Å²) in [5, 5.41) is 3.75. The number of halogens is 3. The Kier molecular flexibility index (Phi) is 13.0. The number of hydrogen-bond acceptors (Lipinski definition) is 5. The van der Waals surface area contributed by atoms with Crippen molar-refractivity contribution in [1.82, 2.24) is 10.2 Å². The van der Waals surface area contributed by atoms with Crippen molar-refractivity contribution >= 4 is 66.7 Å². The fourth-order valence-corrected chi connectivity index (χ4v) is 7.60. The van der Waals surface area contributed by atoms with Gasteiger partial charge in [0.2, 0.25) is 11.8 Å². The van der Waals surface area contributed by atoms with Crippen molar-refractivity contribution < 1.29 is 22.7 Å². The van der Waals surface area contributed by atoms with Gasteiger partial charge in [-0.05, 0) is 89.8 Å². The lowest BCUT2D eigenvalue weighted by atomic mass is 10.0. The maximum absolute atomic E-state index is 14.7. The summed E-state index contributed by atoms with van der Waals surface area (Å²) in [6.45, 7) is 5.06. The van der Waals surface area contributed by atoms with Crippen LogP contribution in [0.2, 0.25) is 10.0 Å². The zero-order valence-electron chi connectivity index (χ0n) is 27.1. The van der Waals surface area contributed by atoms with E-state index in [1.54, 1.807) is 42.5 Å². The van der Waals surface area contributed by atoms with Gasteiger partial charge in [-0.1, -0.05) is 84.2 Å². The molecule has 4 aromatic carbocycles. The summed E-state index contributed by atoms with van der Waals surface area (Å²) in [6.07, 6.45) is 0.861. The maximum atomic E-state index is 14.7. The number of carbonyl (C=O) groups is 2. The molecule has 0 bridgehead atoms. The molecule has 0 spiro atoms. The second kappa shape index (κ2) is 16.7. The van der Waals surface area contributed by atoms with E-state index in [0.29, 0.717) is 32.3 Å². The van der Waals surface area contributed by atoms with Crippen LogP contribution in [-0.4, -0.2) is 50.9 Å². The largest absolute Gasteiger partial charge is 0.496 e. The van der Waals surface area contributed by atoms with Crippen molar-refractivity contribution in [2.45, 2.75) is 57.1 Å². The Morgan fingerprint density at radius 2 is 1.65 bits per heavy atom. The molecular weight excluding hydrogens is 737 g/mol. The molecular formula is C36H38BrCl2N3O5S. The van der Waals surface area contributed by atoms with Gasteiger partial charge in [-0.15, -0.1) is 0 Å². The van der Waals surface area contributed by atoms with E-state index in [-0.39, 0.29) is 35.5 Å². The van der Waals surface area contributed by atoms with Gasteiger partial charge in [-0.3, -0.25) is 13.9 Å². The maximum Gasteiger partial charge on any atom is 0.264 e. The summed E-state index contributed by atoms with van der Waals surface area (Å²) in [5.74, 6) is -0.512. The Balaban J connectivity index is 1.84. The van der Waals surface area contributed by atoms with Gasteiger partial charge in [-0.2, -0.15) is 0 Å². The number of carbonyl (C=O) groups excluding carboxylic acids is 2. The Morgan fingerprint density at radius 3 is 2.25 bits per heavy atom. The fraction of sp³-hybridized carbons (Fsp3) is 0.278. The molecule has 4 aromatic rings. The number of nitrogens with one attached hydrogen (secondary N) is 1. The van der Waals surface area contributed by atoms with Gasteiger partial charge < -0.3 is 15.0 Å². The Hall–Kier alpha value is -3.57. The van der Waals surface area contributed by atoms with Crippen molar-refractivity contribution in [1.29, 1.82) is 0 Å². The number of benzene rings is 4. The molecule has 0 saturated carbocycles. The minimum atomic E-state index is -4.30. The Bertz CT molecular complexity index is 1840. The summed E-state index contributed by atoms with van der Waals surface area (Å²) in [4.78, 5) is 30.0. The monoisotopic (exact) mass is 773 g/mol. The first-order chi connectivity index (χ1) is 22.8. The molecule has 0 aliphatic carbocycles. The minimum Gasteiger partial charge on any atom is -0.496 e. The molecule has 4 rings (SSSR count). The lowest BCUT2D eigenvalue weighted by molar-refractivity contribution is -0.140. The van der Waals surface area contributed by atoms with E-state index >= 15 is 0 Å². The topological polar surface area (TPSA) is 96.0 Å². The highest BCUT2D eigenvalue weighted by Crippen LogP contribution is 2.32. The smallest absolute Gasteiger partial charge is 0.264 e. The van der Waals surface area contributed by atoms with Crippen LogP contribution in [0.5, 0.6) is 5.75 Å². The van der Waals surface area contributed by atoms with E-state index < -0.39 is 28.5 Å². The van der Waals surface area contributed by atoms with Crippen LogP contribution >= 0.6 is 39.1 Å². The van der Waals surface area contributed by atoms with Crippen molar-refractivity contribution in [2.24, 2.45) is 0 Å². The molecule has 0 fully saturated rings. The van der Waals surface area contributed by atoms with Crippen molar-refractivity contribution in [3.05, 3.63) is 122 Å². The average Bonchev–Trinajstić information content (AvgIpc) is 3.06. The van der Waals surface area contributed by atoms with Crippen molar-refractivity contribution in [3.8, 4) is 5.75 Å². The highest BCUT2D eigenvalue weighted by atomic mass is 79.9. The van der Waals surface area contributed by atoms with Gasteiger partial charge in [0.15, 0.2) is 0 Å². The number of hydrogen-bond donors (Lipinski definition) is 1. The van der Waals surface area contributed by atoms with Crippen LogP contribution in [0.25, 0.3) is 0 Å². The normalized spacial score (nSPS) is 12.6. The van der Waals surface area contributed by atoms with E-state index in [9.17, 15) is 18.0 Å². The average molecular weight is 776 g/mol. The Morgan fingerprint density at radius 1 is 0.958 bits per heavy atom. The molecule has 48 heavy (non-hydrogen) atoms. The van der Waals surface area contributed by atoms with E-state index in [0.717, 1.165) is 15.4 Å². The summed E-state index contributed by atoms with van der Waals surface area (Å²) >= 11 is 16.2. The lowest BCUT2D eigenvalue weighted by Gasteiger charge is -2.34. The van der Waals surface area contributed by atoms with Crippen LogP contribution in [0.4, 0.5) is 5.69 Å². The van der Waals surface area contributed by atoms with Gasteiger partial charge in [0.25, 0.3) is 10.0 Å². The van der Waals surface area contributed by atoms with Gasteiger partial charge >= 0.3 is 0 Å². The first-order valence-electron chi connectivity index (χ1n) is 15.3. The molecule has 0 aliphatic rings. The van der Waals surface area contributed by atoms with Crippen LogP contribution < -0.4 is 14.4 Å². The van der Waals surface area contributed by atoms with Crippen LogP contribution in [0.3, 0.4) is 0 Å². The zero-order valence-corrected chi connectivity index (χ0v) is 31.0. The summed E-state index contributed by atoms with van der Waals surface area (Å²) in [6, 6.07) is 24.3. The SMILES string of the molecule is CC[C@@H](C)NC(=O)[C@@H](Cc1ccccc1)N(Cc1ccc(Cl)cc1Cl)C(=O)CN(c1ccc(C)cc1)S(=O)(=O)c1ccc(OC)c(Br)c1.